The molecule has 2 unspecified atom stereocenters. The Morgan fingerprint density at radius 3 is 2.71 bits per heavy atom. The molecule has 24 heavy (non-hydrogen) atoms. The smallest absolute Gasteiger partial charge is 0.256 e. The number of aryl methyl sites for hydroxylation is 1. The van der Waals surface area contributed by atoms with Gasteiger partial charge in [-0.25, -0.2) is 0 Å². The first-order valence-electron chi connectivity index (χ1n) is 8.97. The molecule has 3 heterocycles. The number of aliphatic hydroxyl groups excluding tert-OH is 1. The topological polar surface area (TPSA) is 53.4 Å². The van der Waals surface area contributed by atoms with Crippen LogP contribution >= 0.6 is 0 Å². The van der Waals surface area contributed by atoms with Crippen molar-refractivity contribution in [2.75, 3.05) is 6.61 Å². The first-order valence-corrected chi connectivity index (χ1v) is 8.97. The number of carbonyl (C=O) groups is 1. The number of carbonyl (C=O) groups excluding carboxylic acids is 1. The fourth-order valence-corrected chi connectivity index (χ4v) is 4.67. The van der Waals surface area contributed by atoms with Crippen LogP contribution in [-0.4, -0.2) is 39.6 Å². The Balaban J connectivity index is 1.67. The second-order valence-corrected chi connectivity index (χ2v) is 7.28. The van der Waals surface area contributed by atoms with E-state index in [1.165, 1.54) is 0 Å². The van der Waals surface area contributed by atoms with Gasteiger partial charge < -0.3 is 10.0 Å². The van der Waals surface area contributed by atoms with Gasteiger partial charge in [0.15, 0.2) is 0 Å². The quantitative estimate of drug-likeness (QED) is 0.942. The molecular formula is C20H24N2O2. The largest absolute Gasteiger partial charge is 0.396 e. The summed E-state index contributed by atoms with van der Waals surface area (Å²) in [6.45, 7) is 2.31. The summed E-state index contributed by atoms with van der Waals surface area (Å²) in [7, 11) is 0. The molecule has 2 saturated heterocycles. The Kier molecular flexibility index (Phi) is 4.01. The van der Waals surface area contributed by atoms with Crippen LogP contribution in [0, 0.1) is 12.8 Å². The van der Waals surface area contributed by atoms with Gasteiger partial charge in [0, 0.05) is 30.3 Å². The number of hydrogen-bond acceptors (Lipinski definition) is 3. The minimum atomic E-state index is 0.133. The molecule has 2 aliphatic rings. The molecule has 1 aromatic carbocycles. The third-order valence-corrected chi connectivity index (χ3v) is 5.82. The van der Waals surface area contributed by atoms with E-state index >= 15 is 0 Å². The number of piperidine rings is 1. The lowest BCUT2D eigenvalue weighted by Gasteiger charge is -2.39. The number of fused-ring (bicyclic) bond motifs is 3. The van der Waals surface area contributed by atoms with E-state index in [9.17, 15) is 9.90 Å². The van der Waals surface area contributed by atoms with Crippen LogP contribution in [-0.2, 0) is 0 Å². The predicted molar refractivity (Wildman–Crippen MR) is 93.9 cm³/mol. The van der Waals surface area contributed by atoms with Gasteiger partial charge in [-0.15, -0.1) is 0 Å². The number of aliphatic hydroxyl groups is 1. The van der Waals surface area contributed by atoms with Crippen LogP contribution in [0.1, 0.15) is 48.0 Å². The van der Waals surface area contributed by atoms with Gasteiger partial charge in [-0.05, 0) is 62.6 Å². The summed E-state index contributed by atoms with van der Waals surface area (Å²) in [6.07, 6.45) is 6.87. The van der Waals surface area contributed by atoms with Crippen molar-refractivity contribution in [3.8, 4) is 0 Å². The monoisotopic (exact) mass is 324 g/mol. The van der Waals surface area contributed by atoms with Crippen molar-refractivity contribution in [1.29, 1.82) is 0 Å². The van der Waals surface area contributed by atoms with Gasteiger partial charge in [0.25, 0.3) is 5.91 Å². The molecule has 4 nitrogen and oxygen atoms in total. The van der Waals surface area contributed by atoms with Crippen LogP contribution in [0.2, 0.25) is 0 Å². The zero-order valence-corrected chi connectivity index (χ0v) is 14.1. The van der Waals surface area contributed by atoms with Crippen LogP contribution in [0.25, 0.3) is 10.9 Å². The van der Waals surface area contributed by atoms with Gasteiger partial charge in [0.05, 0.1) is 11.1 Å². The van der Waals surface area contributed by atoms with Crippen LogP contribution in [0.4, 0.5) is 0 Å². The highest BCUT2D eigenvalue weighted by molar-refractivity contribution is 6.06. The molecule has 0 radical (unpaired) electrons. The number of benzene rings is 1. The Labute approximate surface area is 142 Å². The summed E-state index contributed by atoms with van der Waals surface area (Å²) in [5.41, 5.74) is 2.70. The van der Waals surface area contributed by atoms with Crippen molar-refractivity contribution in [2.24, 2.45) is 5.92 Å². The summed E-state index contributed by atoms with van der Waals surface area (Å²) >= 11 is 0. The van der Waals surface area contributed by atoms with Crippen molar-refractivity contribution in [3.05, 3.63) is 41.6 Å². The van der Waals surface area contributed by atoms with Gasteiger partial charge in [-0.3, -0.25) is 9.78 Å². The van der Waals surface area contributed by atoms with E-state index in [0.29, 0.717) is 18.0 Å². The van der Waals surface area contributed by atoms with Gasteiger partial charge >= 0.3 is 0 Å². The first-order chi connectivity index (χ1) is 11.7. The lowest BCUT2D eigenvalue weighted by Crippen LogP contribution is -2.46. The molecule has 1 aromatic heterocycles. The number of rotatable bonds is 3. The van der Waals surface area contributed by atoms with Crippen molar-refractivity contribution in [3.63, 3.8) is 0 Å². The lowest BCUT2D eigenvalue weighted by atomic mass is 9.88. The summed E-state index contributed by atoms with van der Waals surface area (Å²) in [4.78, 5) is 19.9. The van der Waals surface area contributed by atoms with Gasteiger partial charge in [0.2, 0.25) is 0 Å². The fourth-order valence-electron chi connectivity index (χ4n) is 4.67. The molecule has 2 aromatic rings. The molecule has 1 N–H and O–H groups in total. The van der Waals surface area contributed by atoms with E-state index in [2.05, 4.69) is 16.8 Å². The van der Waals surface area contributed by atoms with E-state index < -0.39 is 0 Å². The van der Waals surface area contributed by atoms with Gasteiger partial charge in [-0.1, -0.05) is 12.1 Å². The average Bonchev–Trinajstić information content (AvgIpc) is 2.86. The zero-order valence-electron chi connectivity index (χ0n) is 14.1. The SMILES string of the molecule is Cc1ccc(C(=O)N2C3CCC2CC(CCO)C3)c2ncccc12. The number of amides is 1. The van der Waals surface area contributed by atoms with E-state index in [-0.39, 0.29) is 12.5 Å². The second-order valence-electron chi connectivity index (χ2n) is 7.28. The van der Waals surface area contributed by atoms with Crippen molar-refractivity contribution in [2.45, 2.75) is 51.1 Å². The van der Waals surface area contributed by atoms with Gasteiger partial charge in [-0.2, -0.15) is 0 Å². The Morgan fingerprint density at radius 2 is 2.00 bits per heavy atom. The third kappa shape index (κ3) is 2.49. The predicted octanol–water partition coefficient (Wildman–Crippen LogP) is 3.31. The van der Waals surface area contributed by atoms with Crippen LogP contribution < -0.4 is 0 Å². The molecule has 2 fully saturated rings. The standard InChI is InChI=1S/C20H24N2O2/c1-13-4-7-18(19-17(13)3-2-9-21-19)20(24)22-15-5-6-16(22)12-14(11-15)8-10-23/h2-4,7,9,14-16,23H,5-6,8,10-12H2,1H3. The highest BCUT2D eigenvalue weighted by Crippen LogP contribution is 2.41. The highest BCUT2D eigenvalue weighted by Gasteiger charge is 2.43. The minimum Gasteiger partial charge on any atom is -0.396 e. The molecule has 1 amide bonds. The summed E-state index contributed by atoms with van der Waals surface area (Å²) < 4.78 is 0. The molecule has 0 aliphatic carbocycles. The van der Waals surface area contributed by atoms with Crippen molar-refractivity contribution < 1.29 is 9.90 Å². The molecule has 2 aliphatic heterocycles. The van der Waals surface area contributed by atoms with Crippen LogP contribution in [0.5, 0.6) is 0 Å². The van der Waals surface area contributed by atoms with E-state index in [1.807, 2.05) is 24.3 Å². The van der Waals surface area contributed by atoms with E-state index in [0.717, 1.165) is 54.1 Å². The summed E-state index contributed by atoms with van der Waals surface area (Å²) in [6, 6.07) is 8.58. The van der Waals surface area contributed by atoms with Gasteiger partial charge in [0.1, 0.15) is 0 Å². The Morgan fingerprint density at radius 1 is 1.25 bits per heavy atom. The lowest BCUT2D eigenvalue weighted by molar-refractivity contribution is 0.0502. The zero-order chi connectivity index (χ0) is 16.7. The number of nitrogens with zero attached hydrogens (tertiary/aromatic N) is 2. The molecule has 2 bridgehead atoms. The maximum Gasteiger partial charge on any atom is 0.256 e. The van der Waals surface area contributed by atoms with E-state index in [1.54, 1.807) is 6.20 Å². The fraction of sp³-hybridized carbons (Fsp3) is 0.500. The maximum atomic E-state index is 13.3. The highest BCUT2D eigenvalue weighted by atomic mass is 16.3. The molecule has 2 atom stereocenters. The summed E-state index contributed by atoms with van der Waals surface area (Å²) in [5, 5.41) is 10.3. The van der Waals surface area contributed by atoms with Crippen LogP contribution in [0.15, 0.2) is 30.5 Å². The second kappa shape index (κ2) is 6.17. The van der Waals surface area contributed by atoms with Crippen molar-refractivity contribution in [1.82, 2.24) is 9.88 Å². The minimum absolute atomic E-state index is 0.133. The van der Waals surface area contributed by atoms with E-state index in [4.69, 9.17) is 0 Å². The first kappa shape index (κ1) is 15.6. The molecule has 4 heteroatoms. The van der Waals surface area contributed by atoms with Crippen LogP contribution in [0.3, 0.4) is 0 Å². The molecular weight excluding hydrogens is 300 g/mol. The number of pyridine rings is 1. The van der Waals surface area contributed by atoms with Crippen molar-refractivity contribution >= 4 is 16.8 Å². The number of aromatic nitrogens is 1. The summed E-state index contributed by atoms with van der Waals surface area (Å²) in [5.74, 6) is 0.693. The molecule has 4 rings (SSSR count). The molecule has 0 saturated carbocycles. The molecule has 126 valence electrons. The number of hydrogen-bond donors (Lipinski definition) is 1. The Bertz CT molecular complexity index is 759. The Hall–Kier alpha value is -1.94. The maximum absolute atomic E-state index is 13.3. The average molecular weight is 324 g/mol. The molecule has 0 spiro atoms. The normalized spacial score (nSPS) is 26.1. The third-order valence-electron chi connectivity index (χ3n) is 5.82.